The van der Waals surface area contributed by atoms with Crippen molar-refractivity contribution in [2.24, 2.45) is 5.92 Å². The van der Waals surface area contributed by atoms with Crippen molar-refractivity contribution in [2.75, 3.05) is 6.61 Å². The van der Waals surface area contributed by atoms with Gasteiger partial charge in [-0.1, -0.05) is 0 Å². The zero-order chi connectivity index (χ0) is 15.4. The van der Waals surface area contributed by atoms with Crippen LogP contribution in [0.5, 0.6) is 0 Å². The van der Waals surface area contributed by atoms with E-state index in [0.717, 1.165) is 37.0 Å². The lowest BCUT2D eigenvalue weighted by Crippen LogP contribution is -2.38. The summed E-state index contributed by atoms with van der Waals surface area (Å²) in [5.74, 6) is 1.28. The van der Waals surface area contributed by atoms with Crippen molar-refractivity contribution in [2.45, 2.75) is 44.6 Å². The Kier molecular flexibility index (Phi) is 4.68. The van der Waals surface area contributed by atoms with Gasteiger partial charge < -0.3 is 15.4 Å². The molecule has 1 aliphatic carbocycles. The Labute approximate surface area is 129 Å². The summed E-state index contributed by atoms with van der Waals surface area (Å²) in [4.78, 5) is 23.8. The van der Waals surface area contributed by atoms with Crippen LogP contribution >= 0.6 is 0 Å². The van der Waals surface area contributed by atoms with Crippen LogP contribution in [0.25, 0.3) is 11.2 Å². The molecule has 1 amide bonds. The van der Waals surface area contributed by atoms with Crippen molar-refractivity contribution >= 4 is 17.1 Å². The number of amides is 1. The zero-order valence-corrected chi connectivity index (χ0v) is 12.6. The van der Waals surface area contributed by atoms with E-state index in [-0.39, 0.29) is 18.6 Å². The van der Waals surface area contributed by atoms with E-state index < -0.39 is 0 Å². The van der Waals surface area contributed by atoms with Gasteiger partial charge >= 0.3 is 0 Å². The van der Waals surface area contributed by atoms with Gasteiger partial charge in [0, 0.05) is 31.7 Å². The lowest BCUT2D eigenvalue weighted by atomic mass is 9.86. The maximum Gasteiger partial charge on any atom is 0.220 e. The SMILES string of the molecule is O=C(CCc1nc2ncccc2[nH]1)NC1CCC(CO)CC1. The molecule has 0 atom stereocenters. The largest absolute Gasteiger partial charge is 0.396 e. The fourth-order valence-corrected chi connectivity index (χ4v) is 3.03. The van der Waals surface area contributed by atoms with E-state index in [0.29, 0.717) is 24.4 Å². The summed E-state index contributed by atoms with van der Waals surface area (Å²) in [6.45, 7) is 0.265. The molecule has 1 saturated carbocycles. The molecule has 3 rings (SSSR count). The number of imidazole rings is 1. The van der Waals surface area contributed by atoms with Crippen LogP contribution in [0.3, 0.4) is 0 Å². The fraction of sp³-hybridized carbons (Fsp3) is 0.562. The molecule has 0 radical (unpaired) electrons. The second kappa shape index (κ2) is 6.87. The first-order valence-corrected chi connectivity index (χ1v) is 7.94. The zero-order valence-electron chi connectivity index (χ0n) is 12.6. The fourth-order valence-electron chi connectivity index (χ4n) is 3.03. The Morgan fingerprint density at radius 2 is 2.18 bits per heavy atom. The first-order chi connectivity index (χ1) is 10.7. The van der Waals surface area contributed by atoms with Crippen LogP contribution in [0.1, 0.15) is 37.9 Å². The highest BCUT2D eigenvalue weighted by Crippen LogP contribution is 2.23. The molecular weight excluding hydrogens is 280 g/mol. The minimum atomic E-state index is 0.0702. The Hall–Kier alpha value is -1.95. The standard InChI is InChI=1S/C16H22N4O2/c21-10-11-3-5-12(6-4-11)18-15(22)8-7-14-19-13-2-1-9-17-16(13)20-14/h1-2,9,11-12,21H,3-8,10H2,(H,18,22)(H,17,19,20). The number of carbonyl (C=O) groups excluding carboxylic acids is 1. The molecule has 2 aromatic rings. The van der Waals surface area contributed by atoms with E-state index in [2.05, 4.69) is 20.3 Å². The van der Waals surface area contributed by atoms with E-state index in [1.807, 2.05) is 12.1 Å². The summed E-state index contributed by atoms with van der Waals surface area (Å²) in [7, 11) is 0. The average molecular weight is 302 g/mol. The molecule has 6 nitrogen and oxygen atoms in total. The van der Waals surface area contributed by atoms with Crippen molar-refractivity contribution < 1.29 is 9.90 Å². The van der Waals surface area contributed by atoms with Crippen LogP contribution in [-0.2, 0) is 11.2 Å². The molecular formula is C16H22N4O2. The Balaban J connectivity index is 1.46. The topological polar surface area (TPSA) is 90.9 Å². The second-order valence-electron chi connectivity index (χ2n) is 6.03. The Morgan fingerprint density at radius 1 is 1.36 bits per heavy atom. The van der Waals surface area contributed by atoms with Crippen LogP contribution in [0, 0.1) is 5.92 Å². The lowest BCUT2D eigenvalue weighted by Gasteiger charge is -2.27. The molecule has 0 spiro atoms. The molecule has 1 fully saturated rings. The number of aliphatic hydroxyl groups excluding tert-OH is 1. The van der Waals surface area contributed by atoms with Gasteiger partial charge in [-0.15, -0.1) is 0 Å². The van der Waals surface area contributed by atoms with Gasteiger partial charge in [-0.25, -0.2) is 9.97 Å². The van der Waals surface area contributed by atoms with E-state index >= 15 is 0 Å². The van der Waals surface area contributed by atoms with Crippen molar-refractivity contribution in [3.8, 4) is 0 Å². The number of H-pyrrole nitrogens is 1. The average Bonchev–Trinajstić information content (AvgIpc) is 2.96. The predicted molar refractivity (Wildman–Crippen MR) is 83.2 cm³/mol. The molecule has 0 unspecified atom stereocenters. The highest BCUT2D eigenvalue weighted by molar-refractivity contribution is 5.76. The van der Waals surface area contributed by atoms with Gasteiger partial charge in [-0.3, -0.25) is 4.79 Å². The Bertz CT molecular complexity index is 599. The molecule has 22 heavy (non-hydrogen) atoms. The van der Waals surface area contributed by atoms with E-state index in [1.54, 1.807) is 6.20 Å². The molecule has 1 aliphatic rings. The number of aliphatic hydroxyl groups is 1. The first-order valence-electron chi connectivity index (χ1n) is 7.94. The quantitative estimate of drug-likeness (QED) is 0.781. The molecule has 0 saturated heterocycles. The first kappa shape index (κ1) is 15.0. The number of nitrogens with one attached hydrogen (secondary N) is 2. The number of carbonyl (C=O) groups is 1. The van der Waals surface area contributed by atoms with Crippen molar-refractivity contribution in [3.63, 3.8) is 0 Å². The van der Waals surface area contributed by atoms with Gasteiger partial charge in [0.05, 0.1) is 5.52 Å². The molecule has 0 aliphatic heterocycles. The van der Waals surface area contributed by atoms with E-state index in [9.17, 15) is 4.79 Å². The van der Waals surface area contributed by atoms with Gasteiger partial charge in [0.1, 0.15) is 5.82 Å². The van der Waals surface area contributed by atoms with Gasteiger partial charge in [0.15, 0.2) is 5.65 Å². The molecule has 0 aromatic carbocycles. The van der Waals surface area contributed by atoms with Crippen LogP contribution in [0.2, 0.25) is 0 Å². The van der Waals surface area contributed by atoms with Gasteiger partial charge in [0.2, 0.25) is 5.91 Å². The van der Waals surface area contributed by atoms with Crippen LogP contribution in [-0.4, -0.2) is 38.6 Å². The summed E-state index contributed by atoms with van der Waals surface area (Å²) in [6, 6.07) is 4.05. The second-order valence-corrected chi connectivity index (χ2v) is 6.03. The lowest BCUT2D eigenvalue weighted by molar-refractivity contribution is -0.122. The minimum absolute atomic E-state index is 0.0702. The Morgan fingerprint density at radius 3 is 2.91 bits per heavy atom. The number of fused-ring (bicyclic) bond motifs is 1. The maximum atomic E-state index is 12.0. The molecule has 118 valence electrons. The third-order valence-electron chi connectivity index (χ3n) is 4.37. The minimum Gasteiger partial charge on any atom is -0.396 e. The van der Waals surface area contributed by atoms with Crippen molar-refractivity contribution in [1.82, 2.24) is 20.3 Å². The van der Waals surface area contributed by atoms with Crippen molar-refractivity contribution in [3.05, 3.63) is 24.2 Å². The van der Waals surface area contributed by atoms with Gasteiger partial charge in [-0.2, -0.15) is 0 Å². The summed E-state index contributed by atoms with van der Waals surface area (Å²) in [5.41, 5.74) is 1.60. The number of aromatic nitrogens is 3. The molecule has 2 heterocycles. The third kappa shape index (κ3) is 3.62. The molecule has 2 aromatic heterocycles. The molecule has 3 N–H and O–H groups in total. The van der Waals surface area contributed by atoms with Gasteiger partial charge in [-0.05, 0) is 43.7 Å². The van der Waals surface area contributed by atoms with E-state index in [1.165, 1.54) is 0 Å². The number of aryl methyl sites for hydroxylation is 1. The van der Waals surface area contributed by atoms with Crippen LogP contribution in [0.4, 0.5) is 0 Å². The normalized spacial score (nSPS) is 21.9. The number of rotatable bonds is 5. The van der Waals surface area contributed by atoms with Crippen LogP contribution < -0.4 is 5.32 Å². The van der Waals surface area contributed by atoms with Crippen LogP contribution in [0.15, 0.2) is 18.3 Å². The molecule has 6 heteroatoms. The number of pyridine rings is 1. The maximum absolute atomic E-state index is 12.0. The number of aromatic amines is 1. The van der Waals surface area contributed by atoms with Crippen molar-refractivity contribution in [1.29, 1.82) is 0 Å². The predicted octanol–water partition coefficient (Wildman–Crippen LogP) is 1.56. The number of hydrogen-bond donors (Lipinski definition) is 3. The molecule has 0 bridgehead atoms. The highest BCUT2D eigenvalue weighted by Gasteiger charge is 2.21. The number of hydrogen-bond acceptors (Lipinski definition) is 4. The monoisotopic (exact) mass is 302 g/mol. The third-order valence-corrected chi connectivity index (χ3v) is 4.37. The summed E-state index contributed by atoms with van der Waals surface area (Å²) < 4.78 is 0. The highest BCUT2D eigenvalue weighted by atomic mass is 16.3. The summed E-state index contributed by atoms with van der Waals surface area (Å²) in [5, 5.41) is 12.2. The summed E-state index contributed by atoms with van der Waals surface area (Å²) in [6.07, 6.45) is 6.65. The van der Waals surface area contributed by atoms with E-state index in [4.69, 9.17) is 5.11 Å². The number of nitrogens with zero attached hydrogens (tertiary/aromatic N) is 2. The smallest absolute Gasteiger partial charge is 0.220 e. The van der Waals surface area contributed by atoms with Gasteiger partial charge in [0.25, 0.3) is 0 Å². The summed E-state index contributed by atoms with van der Waals surface area (Å²) >= 11 is 0.